The molecule has 0 unspecified atom stereocenters. The van der Waals surface area contributed by atoms with Crippen molar-refractivity contribution in [2.24, 2.45) is 13.0 Å². The molecule has 0 fully saturated rings. The number of nitrogens with one attached hydrogen (secondary N) is 2. The monoisotopic (exact) mass is 541 g/mol. The predicted molar refractivity (Wildman–Crippen MR) is 146 cm³/mol. The molecular formula is C26H25Cl2N5O2S. The Morgan fingerprint density at radius 1 is 1.00 bits per heavy atom. The van der Waals surface area contributed by atoms with Crippen LogP contribution in [0.25, 0.3) is 10.8 Å². The number of fused-ring (bicyclic) bond motifs is 1. The number of nitrogens with zero attached hydrogens (tertiary/aromatic N) is 3. The molecule has 0 aliphatic carbocycles. The van der Waals surface area contributed by atoms with E-state index < -0.39 is 6.04 Å². The van der Waals surface area contributed by atoms with Crippen LogP contribution in [0.1, 0.15) is 36.1 Å². The molecule has 7 nitrogen and oxygen atoms in total. The standard InChI is InChI=1S/C26H25Cl2N5O2S/c1-15(2)23(30-25(35)17-11-12-19(27)20(28)13-17)24-31-32-26(33(24)3)36-14-22(34)29-21-10-6-8-16-7-4-5-9-18(16)21/h4-13,15,23H,14H2,1-3H3,(H,29,34)(H,30,35)/t23-/m0/s1. The Morgan fingerprint density at radius 3 is 2.50 bits per heavy atom. The van der Waals surface area contributed by atoms with Crippen molar-refractivity contribution in [1.82, 2.24) is 20.1 Å². The third-order valence-corrected chi connectivity index (χ3v) is 7.44. The molecule has 0 bridgehead atoms. The van der Waals surface area contributed by atoms with Gasteiger partial charge in [-0.2, -0.15) is 0 Å². The second-order valence-electron chi connectivity index (χ2n) is 8.59. The van der Waals surface area contributed by atoms with Crippen molar-refractivity contribution in [3.8, 4) is 0 Å². The van der Waals surface area contributed by atoms with Crippen LogP contribution in [0, 0.1) is 5.92 Å². The van der Waals surface area contributed by atoms with Crippen LogP contribution in [0.3, 0.4) is 0 Å². The van der Waals surface area contributed by atoms with E-state index in [0.29, 0.717) is 26.6 Å². The lowest BCUT2D eigenvalue weighted by Gasteiger charge is -2.22. The SMILES string of the molecule is CC(C)[C@H](NC(=O)c1ccc(Cl)c(Cl)c1)c1nnc(SCC(=O)Nc2cccc3ccccc23)n1C. The Hall–Kier alpha value is -3.07. The van der Waals surface area contributed by atoms with Gasteiger partial charge in [-0.25, -0.2) is 0 Å². The highest BCUT2D eigenvalue weighted by atomic mass is 35.5. The van der Waals surface area contributed by atoms with E-state index in [1.54, 1.807) is 16.7 Å². The summed E-state index contributed by atoms with van der Waals surface area (Å²) < 4.78 is 1.80. The maximum atomic E-state index is 12.9. The highest BCUT2D eigenvalue weighted by Crippen LogP contribution is 2.27. The quantitative estimate of drug-likeness (QED) is 0.262. The van der Waals surface area contributed by atoms with Crippen LogP contribution >= 0.6 is 35.0 Å². The minimum atomic E-state index is -0.400. The predicted octanol–water partition coefficient (Wildman–Crippen LogP) is 6.13. The summed E-state index contributed by atoms with van der Waals surface area (Å²) in [4.78, 5) is 25.5. The van der Waals surface area contributed by atoms with Crippen molar-refractivity contribution in [2.45, 2.75) is 25.0 Å². The molecule has 0 spiro atoms. The molecule has 186 valence electrons. The van der Waals surface area contributed by atoms with Gasteiger partial charge in [0.25, 0.3) is 5.91 Å². The first-order valence-electron chi connectivity index (χ1n) is 11.3. The number of amides is 2. The van der Waals surface area contributed by atoms with Gasteiger partial charge in [0.2, 0.25) is 5.91 Å². The molecule has 2 N–H and O–H groups in total. The first-order chi connectivity index (χ1) is 17.2. The Kier molecular flexibility index (Phi) is 8.18. The smallest absolute Gasteiger partial charge is 0.251 e. The summed E-state index contributed by atoms with van der Waals surface area (Å²) in [5, 5.41) is 17.9. The summed E-state index contributed by atoms with van der Waals surface area (Å²) in [6.07, 6.45) is 0. The van der Waals surface area contributed by atoms with Gasteiger partial charge in [0, 0.05) is 23.7 Å². The molecule has 1 heterocycles. The van der Waals surface area contributed by atoms with E-state index in [4.69, 9.17) is 23.2 Å². The molecule has 0 saturated heterocycles. The van der Waals surface area contributed by atoms with Gasteiger partial charge in [-0.3, -0.25) is 9.59 Å². The number of halogens is 2. The normalized spacial score (nSPS) is 12.1. The molecule has 36 heavy (non-hydrogen) atoms. The molecule has 0 aliphatic heterocycles. The van der Waals surface area contributed by atoms with Crippen molar-refractivity contribution in [3.63, 3.8) is 0 Å². The Balaban J connectivity index is 1.43. The lowest BCUT2D eigenvalue weighted by atomic mass is 10.0. The second kappa shape index (κ2) is 11.3. The number of carbonyl (C=O) groups is 2. The van der Waals surface area contributed by atoms with Crippen LogP contribution in [-0.2, 0) is 11.8 Å². The highest BCUT2D eigenvalue weighted by Gasteiger charge is 2.25. The zero-order valence-corrected chi connectivity index (χ0v) is 22.3. The molecule has 10 heteroatoms. The van der Waals surface area contributed by atoms with E-state index in [-0.39, 0.29) is 23.5 Å². The van der Waals surface area contributed by atoms with Gasteiger partial charge in [0.1, 0.15) is 0 Å². The topological polar surface area (TPSA) is 88.9 Å². The summed E-state index contributed by atoms with van der Waals surface area (Å²) in [6.45, 7) is 3.97. The molecular weight excluding hydrogens is 517 g/mol. The van der Waals surface area contributed by atoms with Crippen LogP contribution < -0.4 is 10.6 Å². The molecule has 1 atom stereocenters. The minimum absolute atomic E-state index is 0.0344. The third-order valence-electron chi connectivity index (χ3n) is 5.68. The summed E-state index contributed by atoms with van der Waals surface area (Å²) in [6, 6.07) is 18.0. The van der Waals surface area contributed by atoms with E-state index in [0.717, 1.165) is 16.5 Å². The first kappa shape index (κ1) is 26.0. The van der Waals surface area contributed by atoms with E-state index in [2.05, 4.69) is 20.8 Å². The lowest BCUT2D eigenvalue weighted by molar-refractivity contribution is -0.113. The maximum Gasteiger partial charge on any atom is 0.251 e. The van der Waals surface area contributed by atoms with Gasteiger partial charge >= 0.3 is 0 Å². The van der Waals surface area contributed by atoms with Crippen LogP contribution in [0.15, 0.2) is 65.8 Å². The largest absolute Gasteiger partial charge is 0.342 e. The highest BCUT2D eigenvalue weighted by molar-refractivity contribution is 7.99. The van der Waals surface area contributed by atoms with Crippen LogP contribution in [0.2, 0.25) is 10.0 Å². The van der Waals surface area contributed by atoms with Gasteiger partial charge in [-0.15, -0.1) is 10.2 Å². The number of carbonyl (C=O) groups excluding carboxylic acids is 2. The van der Waals surface area contributed by atoms with Crippen molar-refractivity contribution in [2.75, 3.05) is 11.1 Å². The van der Waals surface area contributed by atoms with Crippen molar-refractivity contribution >= 4 is 63.2 Å². The third kappa shape index (κ3) is 5.83. The molecule has 0 aliphatic rings. The summed E-state index contributed by atoms with van der Waals surface area (Å²) in [5.41, 5.74) is 1.17. The maximum absolute atomic E-state index is 12.9. The van der Waals surface area contributed by atoms with Gasteiger partial charge < -0.3 is 15.2 Å². The fourth-order valence-corrected chi connectivity index (χ4v) is 4.78. The Bertz CT molecular complexity index is 1420. The average molecular weight is 542 g/mol. The number of hydrogen-bond acceptors (Lipinski definition) is 5. The summed E-state index contributed by atoms with van der Waals surface area (Å²) in [7, 11) is 1.82. The molecule has 4 aromatic rings. The number of aromatic nitrogens is 3. The Labute approximate surface area is 223 Å². The molecule has 0 radical (unpaired) electrons. The van der Waals surface area contributed by atoms with E-state index in [1.807, 2.05) is 63.4 Å². The summed E-state index contributed by atoms with van der Waals surface area (Å²) in [5.74, 6) is 0.354. The number of thioether (sulfide) groups is 1. The van der Waals surface area contributed by atoms with Crippen molar-refractivity contribution in [3.05, 3.63) is 82.1 Å². The number of anilines is 1. The lowest BCUT2D eigenvalue weighted by Crippen LogP contribution is -2.33. The number of rotatable bonds is 8. The van der Waals surface area contributed by atoms with E-state index in [9.17, 15) is 9.59 Å². The van der Waals surface area contributed by atoms with Gasteiger partial charge in [0.15, 0.2) is 11.0 Å². The average Bonchev–Trinajstić information content (AvgIpc) is 3.22. The number of benzene rings is 3. The van der Waals surface area contributed by atoms with Crippen LogP contribution in [0.4, 0.5) is 5.69 Å². The second-order valence-corrected chi connectivity index (χ2v) is 10.3. The van der Waals surface area contributed by atoms with E-state index in [1.165, 1.54) is 17.8 Å². The zero-order chi connectivity index (χ0) is 25.8. The molecule has 4 rings (SSSR count). The van der Waals surface area contributed by atoms with E-state index >= 15 is 0 Å². The summed E-state index contributed by atoms with van der Waals surface area (Å²) >= 11 is 13.3. The minimum Gasteiger partial charge on any atom is -0.342 e. The molecule has 1 aromatic heterocycles. The van der Waals surface area contributed by atoms with Gasteiger partial charge in [-0.1, -0.05) is 85.2 Å². The van der Waals surface area contributed by atoms with Crippen LogP contribution in [0.5, 0.6) is 0 Å². The Morgan fingerprint density at radius 2 is 1.75 bits per heavy atom. The molecule has 3 aromatic carbocycles. The van der Waals surface area contributed by atoms with Crippen molar-refractivity contribution < 1.29 is 9.59 Å². The van der Waals surface area contributed by atoms with Gasteiger partial charge in [-0.05, 0) is 35.6 Å². The molecule has 2 amide bonds. The zero-order valence-electron chi connectivity index (χ0n) is 20.0. The molecule has 0 saturated carbocycles. The fraction of sp³-hybridized carbons (Fsp3) is 0.231. The first-order valence-corrected chi connectivity index (χ1v) is 13.0. The van der Waals surface area contributed by atoms with Crippen LogP contribution in [-0.4, -0.2) is 32.3 Å². The van der Waals surface area contributed by atoms with Gasteiger partial charge in [0.05, 0.1) is 21.8 Å². The number of hydrogen-bond donors (Lipinski definition) is 2. The van der Waals surface area contributed by atoms with Crippen molar-refractivity contribution in [1.29, 1.82) is 0 Å². The fourth-order valence-electron chi connectivity index (χ4n) is 3.76.